The van der Waals surface area contributed by atoms with Crippen LogP contribution in [0.1, 0.15) is 43.0 Å². The summed E-state index contributed by atoms with van der Waals surface area (Å²) in [4.78, 5) is 15.3. The van der Waals surface area contributed by atoms with E-state index >= 15 is 0 Å². The van der Waals surface area contributed by atoms with Crippen LogP contribution in [0.25, 0.3) is 0 Å². The van der Waals surface area contributed by atoms with E-state index in [4.69, 9.17) is 0 Å². The Kier molecular flexibility index (Phi) is 6.63. The maximum absolute atomic E-state index is 12.8. The second-order valence-electron chi connectivity index (χ2n) is 7.56. The van der Waals surface area contributed by atoms with Gasteiger partial charge in [-0.1, -0.05) is 37.3 Å². The highest BCUT2D eigenvalue weighted by Crippen LogP contribution is 2.26. The third kappa shape index (κ3) is 4.96. The van der Waals surface area contributed by atoms with Gasteiger partial charge in [0.25, 0.3) is 0 Å². The van der Waals surface area contributed by atoms with E-state index in [9.17, 15) is 4.79 Å². The molecule has 1 aliphatic rings. The first-order chi connectivity index (χ1) is 13.1. The van der Waals surface area contributed by atoms with Gasteiger partial charge in [-0.25, -0.2) is 0 Å². The fraction of sp³-hybridized carbons (Fsp3) is 0.524. The number of rotatable bonds is 7. The number of carbonyl (C=O) groups excluding carboxylic acids is 1. The fourth-order valence-corrected chi connectivity index (χ4v) is 3.81. The first-order valence-corrected chi connectivity index (χ1v) is 9.81. The van der Waals surface area contributed by atoms with Gasteiger partial charge >= 0.3 is 0 Å². The lowest BCUT2D eigenvalue weighted by Crippen LogP contribution is -2.44. The number of piperidine rings is 1. The molecule has 2 heterocycles. The number of hydrogen-bond donors (Lipinski definition) is 2. The molecule has 0 radical (unpaired) electrons. The molecular formula is C21H31N5O. The molecule has 2 atom stereocenters. The van der Waals surface area contributed by atoms with Crippen molar-refractivity contribution in [3.63, 3.8) is 0 Å². The maximum Gasteiger partial charge on any atom is 0.241 e. The number of nitrogens with zero attached hydrogens (tertiary/aromatic N) is 3. The van der Waals surface area contributed by atoms with Crippen molar-refractivity contribution in [3.05, 3.63) is 53.9 Å². The zero-order chi connectivity index (χ0) is 19.2. The van der Waals surface area contributed by atoms with Gasteiger partial charge in [0.05, 0.1) is 12.2 Å². The van der Waals surface area contributed by atoms with Gasteiger partial charge in [0.1, 0.15) is 6.04 Å². The predicted octanol–water partition coefficient (Wildman–Crippen LogP) is 2.27. The Bertz CT molecular complexity index is 721. The molecule has 6 nitrogen and oxygen atoms in total. The SMILES string of the molecule is CNC(C(=O)NCC(c1ccccc1)N1CCC(C)CC1)c1cnn(C)c1. The van der Waals surface area contributed by atoms with E-state index < -0.39 is 6.04 Å². The highest BCUT2D eigenvalue weighted by atomic mass is 16.2. The zero-order valence-electron chi connectivity index (χ0n) is 16.6. The highest BCUT2D eigenvalue weighted by molar-refractivity contribution is 5.83. The van der Waals surface area contributed by atoms with Crippen molar-refractivity contribution in [2.24, 2.45) is 13.0 Å². The molecule has 2 N–H and O–H groups in total. The first kappa shape index (κ1) is 19.6. The Balaban J connectivity index is 1.69. The van der Waals surface area contributed by atoms with Gasteiger partial charge in [-0.05, 0) is 44.5 Å². The molecule has 146 valence electrons. The van der Waals surface area contributed by atoms with Crippen molar-refractivity contribution in [3.8, 4) is 0 Å². The molecule has 0 saturated carbocycles. The van der Waals surface area contributed by atoms with E-state index in [1.807, 2.05) is 19.3 Å². The Morgan fingerprint density at radius 3 is 2.52 bits per heavy atom. The van der Waals surface area contributed by atoms with E-state index in [1.165, 1.54) is 18.4 Å². The average Bonchev–Trinajstić information content (AvgIpc) is 3.11. The van der Waals surface area contributed by atoms with Crippen LogP contribution in [0.4, 0.5) is 0 Å². The quantitative estimate of drug-likeness (QED) is 0.786. The lowest BCUT2D eigenvalue weighted by molar-refractivity contribution is -0.123. The molecule has 1 saturated heterocycles. The average molecular weight is 370 g/mol. The Morgan fingerprint density at radius 2 is 1.93 bits per heavy atom. The number of aryl methyl sites for hydroxylation is 1. The summed E-state index contributed by atoms with van der Waals surface area (Å²) in [7, 11) is 3.66. The molecule has 1 fully saturated rings. The molecule has 1 amide bonds. The summed E-state index contributed by atoms with van der Waals surface area (Å²) in [6.45, 7) is 5.08. The molecule has 6 heteroatoms. The zero-order valence-corrected chi connectivity index (χ0v) is 16.6. The number of benzene rings is 1. The van der Waals surface area contributed by atoms with Crippen molar-refractivity contribution in [2.75, 3.05) is 26.7 Å². The van der Waals surface area contributed by atoms with Gasteiger partial charge in [-0.2, -0.15) is 5.10 Å². The molecule has 1 aliphatic heterocycles. The second-order valence-corrected chi connectivity index (χ2v) is 7.56. The van der Waals surface area contributed by atoms with Crippen LogP contribution < -0.4 is 10.6 Å². The van der Waals surface area contributed by atoms with E-state index in [2.05, 4.69) is 51.8 Å². The second kappa shape index (κ2) is 9.15. The largest absolute Gasteiger partial charge is 0.353 e. The number of carbonyl (C=O) groups is 1. The van der Waals surface area contributed by atoms with Gasteiger partial charge in [0.15, 0.2) is 0 Å². The summed E-state index contributed by atoms with van der Waals surface area (Å²) in [6, 6.07) is 10.3. The topological polar surface area (TPSA) is 62.2 Å². The van der Waals surface area contributed by atoms with E-state index in [0.29, 0.717) is 6.54 Å². The van der Waals surface area contributed by atoms with Crippen LogP contribution in [0.3, 0.4) is 0 Å². The fourth-order valence-electron chi connectivity index (χ4n) is 3.81. The third-order valence-electron chi connectivity index (χ3n) is 5.52. The van der Waals surface area contributed by atoms with Crippen molar-refractivity contribution >= 4 is 5.91 Å². The van der Waals surface area contributed by atoms with Crippen LogP contribution in [0.5, 0.6) is 0 Å². The maximum atomic E-state index is 12.8. The molecule has 3 rings (SSSR count). The highest BCUT2D eigenvalue weighted by Gasteiger charge is 2.26. The van der Waals surface area contributed by atoms with Gasteiger partial charge < -0.3 is 10.6 Å². The Labute approximate surface area is 161 Å². The van der Waals surface area contributed by atoms with Crippen LogP contribution in [0.15, 0.2) is 42.7 Å². The first-order valence-electron chi connectivity index (χ1n) is 9.81. The van der Waals surface area contributed by atoms with Crippen molar-refractivity contribution in [2.45, 2.75) is 31.8 Å². The van der Waals surface area contributed by atoms with Crippen molar-refractivity contribution in [1.82, 2.24) is 25.3 Å². The molecular weight excluding hydrogens is 338 g/mol. The third-order valence-corrected chi connectivity index (χ3v) is 5.52. The lowest BCUT2D eigenvalue weighted by Gasteiger charge is -2.37. The van der Waals surface area contributed by atoms with E-state index in [0.717, 1.165) is 24.6 Å². The molecule has 0 bridgehead atoms. The minimum Gasteiger partial charge on any atom is -0.353 e. The number of amides is 1. The summed E-state index contributed by atoms with van der Waals surface area (Å²) < 4.78 is 1.72. The van der Waals surface area contributed by atoms with Gasteiger partial charge in [0, 0.05) is 25.4 Å². The summed E-state index contributed by atoms with van der Waals surface area (Å²) >= 11 is 0. The molecule has 27 heavy (non-hydrogen) atoms. The smallest absolute Gasteiger partial charge is 0.241 e. The van der Waals surface area contributed by atoms with Crippen LogP contribution in [-0.2, 0) is 11.8 Å². The number of likely N-dealkylation sites (N-methyl/N-ethyl adjacent to an activating group) is 1. The molecule has 2 aromatic rings. The van der Waals surface area contributed by atoms with E-state index in [1.54, 1.807) is 17.9 Å². The standard InChI is InChI=1S/C21H31N5O/c1-16-9-11-26(12-10-16)19(17-7-5-4-6-8-17)14-23-21(27)20(22-2)18-13-24-25(3)15-18/h4-8,13,15-16,19-20,22H,9-12,14H2,1-3H3,(H,23,27). The summed E-state index contributed by atoms with van der Waals surface area (Å²) in [5.41, 5.74) is 2.13. The van der Waals surface area contributed by atoms with Crippen molar-refractivity contribution in [1.29, 1.82) is 0 Å². The van der Waals surface area contributed by atoms with Gasteiger partial charge in [0.2, 0.25) is 5.91 Å². The van der Waals surface area contributed by atoms with E-state index in [-0.39, 0.29) is 11.9 Å². The van der Waals surface area contributed by atoms with Crippen LogP contribution in [0.2, 0.25) is 0 Å². The van der Waals surface area contributed by atoms with Crippen LogP contribution in [-0.4, -0.2) is 47.3 Å². The molecule has 1 aromatic heterocycles. The molecule has 2 unspecified atom stereocenters. The molecule has 0 spiro atoms. The minimum atomic E-state index is -0.392. The number of likely N-dealkylation sites (tertiary alicyclic amines) is 1. The normalized spacial score (nSPS) is 18.2. The predicted molar refractivity (Wildman–Crippen MR) is 107 cm³/mol. The Hall–Kier alpha value is -2.18. The molecule has 0 aliphatic carbocycles. The minimum absolute atomic E-state index is 0.0168. The van der Waals surface area contributed by atoms with Crippen LogP contribution >= 0.6 is 0 Å². The monoisotopic (exact) mass is 369 g/mol. The Morgan fingerprint density at radius 1 is 1.22 bits per heavy atom. The number of nitrogens with one attached hydrogen (secondary N) is 2. The summed E-state index contributed by atoms with van der Waals surface area (Å²) in [6.07, 6.45) is 6.04. The van der Waals surface area contributed by atoms with Crippen LogP contribution in [0, 0.1) is 5.92 Å². The lowest BCUT2D eigenvalue weighted by atomic mass is 9.95. The van der Waals surface area contributed by atoms with Gasteiger partial charge in [-0.15, -0.1) is 0 Å². The summed E-state index contributed by atoms with van der Waals surface area (Å²) in [5, 5.41) is 10.4. The van der Waals surface area contributed by atoms with Gasteiger partial charge in [-0.3, -0.25) is 14.4 Å². The summed E-state index contributed by atoms with van der Waals surface area (Å²) in [5.74, 6) is 0.767. The number of hydrogen-bond acceptors (Lipinski definition) is 4. The van der Waals surface area contributed by atoms with Crippen molar-refractivity contribution < 1.29 is 4.79 Å². The molecule has 1 aromatic carbocycles. The number of aromatic nitrogens is 2.